The molecule has 2 aromatic carbocycles. The Bertz CT molecular complexity index is 691. The summed E-state index contributed by atoms with van der Waals surface area (Å²) in [4.78, 5) is 14.1. The predicted octanol–water partition coefficient (Wildman–Crippen LogP) is 3.68. The van der Waals surface area contributed by atoms with Crippen molar-refractivity contribution in [3.05, 3.63) is 59.9 Å². The van der Waals surface area contributed by atoms with Gasteiger partial charge in [0, 0.05) is 13.6 Å². The lowest BCUT2D eigenvalue weighted by atomic mass is 10.2. The maximum atomic E-state index is 13.3. The zero-order valence-electron chi connectivity index (χ0n) is 14.3. The van der Waals surface area contributed by atoms with E-state index in [1.165, 1.54) is 12.1 Å². The fourth-order valence-corrected chi connectivity index (χ4v) is 2.48. The minimum Gasteiger partial charge on any atom is -0.492 e. The van der Waals surface area contributed by atoms with Gasteiger partial charge in [0.1, 0.15) is 17.6 Å². The van der Waals surface area contributed by atoms with Gasteiger partial charge < -0.3 is 15.0 Å². The summed E-state index contributed by atoms with van der Waals surface area (Å²) in [6, 6.07) is 13.4. The molecule has 0 unspecified atom stereocenters. The number of nitrogens with one attached hydrogen (secondary N) is 1. The van der Waals surface area contributed by atoms with Crippen molar-refractivity contribution in [2.75, 3.05) is 19.0 Å². The minimum absolute atomic E-state index is 0.0782. The summed E-state index contributed by atoms with van der Waals surface area (Å²) in [5, 5.41) is 3.18. The number of hydrogen-bond donors (Lipinski definition) is 1. The standard InChI is InChI=1S/C19H23FN2O2/c1-4-24-18-11-6-5-10-17(18)21-14(2)19(23)22(3)13-15-8-7-9-16(20)12-15/h5-12,14,21H,4,13H2,1-3H3/t14-/m0/s1. The van der Waals surface area contributed by atoms with Crippen LogP contribution in [0.25, 0.3) is 0 Å². The van der Waals surface area contributed by atoms with Gasteiger partial charge in [0.2, 0.25) is 5.91 Å². The smallest absolute Gasteiger partial charge is 0.244 e. The van der Waals surface area contributed by atoms with Crippen LogP contribution in [0.1, 0.15) is 19.4 Å². The normalized spacial score (nSPS) is 11.7. The van der Waals surface area contributed by atoms with E-state index < -0.39 is 6.04 Å². The topological polar surface area (TPSA) is 41.6 Å². The van der Waals surface area contributed by atoms with Crippen molar-refractivity contribution in [1.82, 2.24) is 4.90 Å². The molecule has 0 aliphatic carbocycles. The van der Waals surface area contributed by atoms with Crippen LogP contribution in [0.2, 0.25) is 0 Å². The number of halogens is 1. The number of hydrogen-bond acceptors (Lipinski definition) is 3. The molecule has 2 aromatic rings. The summed E-state index contributed by atoms with van der Waals surface area (Å²) in [6.45, 7) is 4.63. The van der Waals surface area contributed by atoms with Crippen LogP contribution in [0.15, 0.2) is 48.5 Å². The van der Waals surface area contributed by atoms with Gasteiger partial charge in [-0.15, -0.1) is 0 Å². The number of para-hydroxylation sites is 2. The van der Waals surface area contributed by atoms with Crippen molar-refractivity contribution in [2.24, 2.45) is 0 Å². The van der Waals surface area contributed by atoms with Crippen LogP contribution >= 0.6 is 0 Å². The number of amides is 1. The van der Waals surface area contributed by atoms with E-state index in [2.05, 4.69) is 5.32 Å². The van der Waals surface area contributed by atoms with Crippen molar-refractivity contribution in [3.63, 3.8) is 0 Å². The highest BCUT2D eigenvalue weighted by Gasteiger charge is 2.19. The largest absolute Gasteiger partial charge is 0.492 e. The first-order chi connectivity index (χ1) is 11.5. The molecule has 0 saturated carbocycles. The second-order valence-corrected chi connectivity index (χ2v) is 5.62. The molecule has 0 spiro atoms. The van der Waals surface area contributed by atoms with Crippen LogP contribution in [0.3, 0.4) is 0 Å². The van der Waals surface area contributed by atoms with Crippen LogP contribution in [0, 0.1) is 5.82 Å². The molecule has 0 saturated heterocycles. The fraction of sp³-hybridized carbons (Fsp3) is 0.316. The Morgan fingerprint density at radius 1 is 1.25 bits per heavy atom. The Balaban J connectivity index is 2.01. The van der Waals surface area contributed by atoms with E-state index in [9.17, 15) is 9.18 Å². The molecule has 128 valence electrons. The molecule has 0 heterocycles. The number of rotatable bonds is 7. The second kappa shape index (κ2) is 8.34. The average Bonchev–Trinajstić information content (AvgIpc) is 2.56. The van der Waals surface area contributed by atoms with Crippen LogP contribution in [0.4, 0.5) is 10.1 Å². The highest BCUT2D eigenvalue weighted by molar-refractivity contribution is 5.84. The predicted molar refractivity (Wildman–Crippen MR) is 93.6 cm³/mol. The van der Waals surface area contributed by atoms with E-state index >= 15 is 0 Å². The van der Waals surface area contributed by atoms with E-state index in [-0.39, 0.29) is 11.7 Å². The SMILES string of the molecule is CCOc1ccccc1N[C@@H](C)C(=O)N(C)Cc1cccc(F)c1. The third-order valence-electron chi connectivity index (χ3n) is 3.61. The maximum absolute atomic E-state index is 13.3. The average molecular weight is 330 g/mol. The number of carbonyl (C=O) groups excluding carboxylic acids is 1. The lowest BCUT2D eigenvalue weighted by molar-refractivity contribution is -0.130. The zero-order chi connectivity index (χ0) is 17.5. The second-order valence-electron chi connectivity index (χ2n) is 5.62. The molecule has 5 heteroatoms. The summed E-state index contributed by atoms with van der Waals surface area (Å²) in [5.74, 6) is 0.336. The first-order valence-electron chi connectivity index (χ1n) is 7.99. The van der Waals surface area contributed by atoms with Gasteiger partial charge in [0.15, 0.2) is 0 Å². The molecular formula is C19H23FN2O2. The van der Waals surface area contributed by atoms with Gasteiger partial charge in [-0.25, -0.2) is 4.39 Å². The number of nitrogens with zero attached hydrogens (tertiary/aromatic N) is 1. The summed E-state index contributed by atoms with van der Waals surface area (Å²) in [7, 11) is 1.71. The van der Waals surface area contributed by atoms with Gasteiger partial charge in [-0.2, -0.15) is 0 Å². The third-order valence-corrected chi connectivity index (χ3v) is 3.61. The molecule has 0 radical (unpaired) electrons. The summed E-state index contributed by atoms with van der Waals surface area (Å²) in [6.07, 6.45) is 0. The Labute approximate surface area is 142 Å². The minimum atomic E-state index is -0.426. The highest BCUT2D eigenvalue weighted by atomic mass is 19.1. The molecule has 1 amide bonds. The molecule has 24 heavy (non-hydrogen) atoms. The quantitative estimate of drug-likeness (QED) is 0.842. The number of anilines is 1. The van der Waals surface area contributed by atoms with Crippen molar-refractivity contribution >= 4 is 11.6 Å². The van der Waals surface area contributed by atoms with Gasteiger partial charge in [0.05, 0.1) is 12.3 Å². The lowest BCUT2D eigenvalue weighted by Gasteiger charge is -2.23. The first kappa shape index (κ1) is 17.8. The Kier molecular flexibility index (Phi) is 6.18. The zero-order valence-corrected chi connectivity index (χ0v) is 14.3. The number of benzene rings is 2. The Hall–Kier alpha value is -2.56. The van der Waals surface area contributed by atoms with E-state index in [1.807, 2.05) is 31.2 Å². The van der Waals surface area contributed by atoms with Gasteiger partial charge in [-0.3, -0.25) is 4.79 Å². The molecule has 0 aliphatic rings. The van der Waals surface area contributed by atoms with Gasteiger partial charge in [-0.1, -0.05) is 24.3 Å². The van der Waals surface area contributed by atoms with E-state index in [4.69, 9.17) is 4.74 Å². The molecule has 0 aliphatic heterocycles. The fourth-order valence-electron chi connectivity index (χ4n) is 2.48. The van der Waals surface area contributed by atoms with E-state index in [0.717, 1.165) is 11.3 Å². The van der Waals surface area contributed by atoms with Crippen LogP contribution in [0.5, 0.6) is 5.75 Å². The van der Waals surface area contributed by atoms with Crippen molar-refractivity contribution in [1.29, 1.82) is 0 Å². The molecule has 1 atom stereocenters. The van der Waals surface area contributed by atoms with Crippen LogP contribution < -0.4 is 10.1 Å². The molecule has 0 fully saturated rings. The number of carbonyl (C=O) groups is 1. The summed E-state index contributed by atoms with van der Waals surface area (Å²) >= 11 is 0. The van der Waals surface area contributed by atoms with Crippen molar-refractivity contribution < 1.29 is 13.9 Å². The van der Waals surface area contributed by atoms with Crippen LogP contribution in [-0.2, 0) is 11.3 Å². The van der Waals surface area contributed by atoms with Crippen molar-refractivity contribution in [3.8, 4) is 5.75 Å². The van der Waals surface area contributed by atoms with Gasteiger partial charge >= 0.3 is 0 Å². The maximum Gasteiger partial charge on any atom is 0.244 e. The highest BCUT2D eigenvalue weighted by Crippen LogP contribution is 2.24. The monoisotopic (exact) mass is 330 g/mol. The molecule has 0 aromatic heterocycles. The Morgan fingerprint density at radius 3 is 2.71 bits per heavy atom. The lowest BCUT2D eigenvalue weighted by Crippen LogP contribution is -2.38. The van der Waals surface area contributed by atoms with Crippen molar-refractivity contribution in [2.45, 2.75) is 26.4 Å². The summed E-state index contributed by atoms with van der Waals surface area (Å²) < 4.78 is 18.8. The molecule has 4 nitrogen and oxygen atoms in total. The van der Waals surface area contributed by atoms with E-state index in [0.29, 0.717) is 18.9 Å². The summed E-state index contributed by atoms with van der Waals surface area (Å²) in [5.41, 5.74) is 1.53. The number of likely N-dealkylation sites (N-methyl/N-ethyl adjacent to an activating group) is 1. The molecule has 2 rings (SSSR count). The van der Waals surface area contributed by atoms with Gasteiger partial charge in [-0.05, 0) is 43.7 Å². The molecule has 1 N–H and O–H groups in total. The number of ether oxygens (including phenoxy) is 1. The van der Waals surface area contributed by atoms with Gasteiger partial charge in [0.25, 0.3) is 0 Å². The molecule has 0 bridgehead atoms. The van der Waals surface area contributed by atoms with E-state index in [1.54, 1.807) is 31.0 Å². The first-order valence-corrected chi connectivity index (χ1v) is 7.99. The van der Waals surface area contributed by atoms with Crippen LogP contribution in [-0.4, -0.2) is 30.5 Å². The third kappa shape index (κ3) is 4.72. The Morgan fingerprint density at radius 2 is 2.00 bits per heavy atom. The molecular weight excluding hydrogens is 307 g/mol.